The van der Waals surface area contributed by atoms with E-state index in [-0.39, 0.29) is 24.2 Å². The second-order valence-corrected chi connectivity index (χ2v) is 3.80. The molecular weight excluding hydrogens is 274 g/mol. The Bertz CT molecular complexity index is 398. The second-order valence-electron chi connectivity index (χ2n) is 3.80. The Kier molecular flexibility index (Phi) is 4.81. The van der Waals surface area contributed by atoms with Crippen LogP contribution in [0.25, 0.3) is 0 Å². The lowest BCUT2D eigenvalue weighted by Crippen LogP contribution is -2.37. The van der Waals surface area contributed by atoms with Crippen molar-refractivity contribution in [3.63, 3.8) is 0 Å². The molecule has 1 aromatic carbocycles. The number of rotatable bonds is 4. The predicted octanol–water partition coefficient (Wildman–Crippen LogP) is 3.38. The van der Waals surface area contributed by atoms with Gasteiger partial charge in [-0.1, -0.05) is 18.2 Å². The van der Waals surface area contributed by atoms with E-state index in [1.54, 1.807) is 12.1 Å². The standard InChI is InChI=1S/C11H11F4NO.ClH/c12-10(13)11(14,15)17-9-4-2-1-3-7(9)8-5-6-16-8;/h1-4,8,10,16H,5-6H2;1H/t8-;/m1./s1. The third-order valence-corrected chi connectivity index (χ3v) is 2.62. The van der Waals surface area contributed by atoms with E-state index in [0.717, 1.165) is 13.0 Å². The van der Waals surface area contributed by atoms with E-state index in [1.165, 1.54) is 12.1 Å². The zero-order valence-corrected chi connectivity index (χ0v) is 10.0. The van der Waals surface area contributed by atoms with Crippen molar-refractivity contribution in [2.75, 3.05) is 6.54 Å². The second kappa shape index (κ2) is 5.75. The fourth-order valence-electron chi connectivity index (χ4n) is 1.61. The van der Waals surface area contributed by atoms with Gasteiger partial charge in [0.25, 0.3) is 0 Å². The SMILES string of the molecule is Cl.FC(F)C(F)(F)Oc1ccccc1[C@H]1CCN1. The molecule has 0 saturated carbocycles. The van der Waals surface area contributed by atoms with Crippen LogP contribution in [-0.4, -0.2) is 19.1 Å². The average molecular weight is 286 g/mol. The molecule has 1 aliphatic heterocycles. The van der Waals surface area contributed by atoms with E-state index in [9.17, 15) is 17.6 Å². The maximum Gasteiger partial charge on any atom is 0.461 e. The molecule has 1 saturated heterocycles. The van der Waals surface area contributed by atoms with E-state index in [0.29, 0.717) is 5.56 Å². The highest BCUT2D eigenvalue weighted by atomic mass is 35.5. The Morgan fingerprint density at radius 2 is 1.89 bits per heavy atom. The van der Waals surface area contributed by atoms with Crippen LogP contribution in [0.2, 0.25) is 0 Å². The van der Waals surface area contributed by atoms with E-state index >= 15 is 0 Å². The molecule has 1 atom stereocenters. The summed E-state index contributed by atoms with van der Waals surface area (Å²) in [5.41, 5.74) is 0.485. The van der Waals surface area contributed by atoms with Crippen molar-refractivity contribution in [1.29, 1.82) is 0 Å². The first kappa shape index (κ1) is 15.0. The number of para-hydroxylation sites is 1. The molecular formula is C11H12ClF4NO. The van der Waals surface area contributed by atoms with Gasteiger partial charge in [0.15, 0.2) is 0 Å². The van der Waals surface area contributed by atoms with Crippen molar-refractivity contribution in [1.82, 2.24) is 5.32 Å². The maximum absolute atomic E-state index is 12.8. The molecule has 2 rings (SSSR count). The van der Waals surface area contributed by atoms with Gasteiger partial charge in [-0.05, 0) is 19.0 Å². The summed E-state index contributed by atoms with van der Waals surface area (Å²) in [5, 5.41) is 3.00. The van der Waals surface area contributed by atoms with Gasteiger partial charge in [0.05, 0.1) is 0 Å². The number of halogens is 5. The minimum absolute atomic E-state index is 0. The molecule has 0 radical (unpaired) electrons. The van der Waals surface area contributed by atoms with Crippen molar-refractivity contribution in [3.8, 4) is 5.75 Å². The van der Waals surface area contributed by atoms with Gasteiger partial charge in [0.1, 0.15) is 5.75 Å². The Morgan fingerprint density at radius 3 is 2.39 bits per heavy atom. The third kappa shape index (κ3) is 3.05. The first-order valence-corrected chi connectivity index (χ1v) is 5.18. The summed E-state index contributed by atoms with van der Waals surface area (Å²) in [5.74, 6) is -0.199. The minimum Gasteiger partial charge on any atom is -0.428 e. The fourth-order valence-corrected chi connectivity index (χ4v) is 1.61. The molecule has 7 heteroatoms. The molecule has 18 heavy (non-hydrogen) atoms. The quantitative estimate of drug-likeness (QED) is 0.856. The highest BCUT2D eigenvalue weighted by Crippen LogP contribution is 2.35. The molecule has 0 amide bonds. The molecule has 2 nitrogen and oxygen atoms in total. The van der Waals surface area contributed by atoms with Crippen LogP contribution in [0.4, 0.5) is 17.6 Å². The van der Waals surface area contributed by atoms with Crippen molar-refractivity contribution < 1.29 is 22.3 Å². The molecule has 0 bridgehead atoms. The number of hydrogen-bond donors (Lipinski definition) is 1. The number of hydrogen-bond acceptors (Lipinski definition) is 2. The summed E-state index contributed by atoms with van der Waals surface area (Å²) in [4.78, 5) is 0. The zero-order chi connectivity index (χ0) is 12.5. The first-order valence-electron chi connectivity index (χ1n) is 5.18. The number of benzene rings is 1. The monoisotopic (exact) mass is 285 g/mol. The molecule has 0 unspecified atom stereocenters. The number of alkyl halides is 4. The van der Waals surface area contributed by atoms with E-state index in [1.807, 2.05) is 0 Å². The Labute approximate surface area is 108 Å². The molecule has 0 spiro atoms. The van der Waals surface area contributed by atoms with Gasteiger partial charge in [-0.3, -0.25) is 0 Å². The van der Waals surface area contributed by atoms with Crippen LogP contribution in [-0.2, 0) is 0 Å². The van der Waals surface area contributed by atoms with Gasteiger partial charge in [-0.15, -0.1) is 12.4 Å². The number of ether oxygens (including phenoxy) is 1. The van der Waals surface area contributed by atoms with E-state index in [2.05, 4.69) is 10.1 Å². The van der Waals surface area contributed by atoms with Gasteiger partial charge in [0.2, 0.25) is 0 Å². The van der Waals surface area contributed by atoms with Crippen LogP contribution in [0.3, 0.4) is 0 Å². The molecule has 102 valence electrons. The van der Waals surface area contributed by atoms with Crippen molar-refractivity contribution in [2.45, 2.75) is 25.0 Å². The van der Waals surface area contributed by atoms with E-state index < -0.39 is 12.5 Å². The largest absolute Gasteiger partial charge is 0.461 e. The zero-order valence-electron chi connectivity index (χ0n) is 9.21. The number of nitrogens with one attached hydrogen (secondary N) is 1. The molecule has 1 aromatic rings. The Balaban J connectivity index is 0.00000162. The Hall–Kier alpha value is -1.01. The molecule has 0 aromatic heterocycles. The third-order valence-electron chi connectivity index (χ3n) is 2.62. The van der Waals surface area contributed by atoms with E-state index in [4.69, 9.17) is 0 Å². The van der Waals surface area contributed by atoms with Gasteiger partial charge in [-0.25, -0.2) is 0 Å². The highest BCUT2D eigenvalue weighted by Gasteiger charge is 2.44. The van der Waals surface area contributed by atoms with Crippen LogP contribution >= 0.6 is 12.4 Å². The average Bonchev–Trinajstić information content (AvgIpc) is 2.17. The van der Waals surface area contributed by atoms with Crippen LogP contribution in [0, 0.1) is 0 Å². The van der Waals surface area contributed by atoms with Crippen LogP contribution in [0.15, 0.2) is 24.3 Å². The lowest BCUT2D eigenvalue weighted by Gasteiger charge is -2.30. The van der Waals surface area contributed by atoms with Crippen LogP contribution in [0.5, 0.6) is 5.75 Å². The maximum atomic E-state index is 12.8. The molecule has 0 aliphatic carbocycles. The first-order chi connectivity index (χ1) is 8.00. The fraction of sp³-hybridized carbons (Fsp3) is 0.455. The molecule has 1 aliphatic rings. The summed E-state index contributed by atoms with van der Waals surface area (Å²) in [6.07, 6.45) is -7.52. The van der Waals surface area contributed by atoms with Crippen molar-refractivity contribution >= 4 is 12.4 Å². The lowest BCUT2D eigenvalue weighted by atomic mass is 9.97. The van der Waals surface area contributed by atoms with Gasteiger partial charge in [0, 0.05) is 11.6 Å². The molecule has 1 heterocycles. The smallest absolute Gasteiger partial charge is 0.428 e. The summed E-state index contributed by atoms with van der Waals surface area (Å²) >= 11 is 0. The normalized spacial score (nSPS) is 19.1. The molecule has 1 fully saturated rings. The Morgan fingerprint density at radius 1 is 1.28 bits per heavy atom. The summed E-state index contributed by atoms with van der Waals surface area (Å²) in [6, 6.07) is 5.89. The van der Waals surface area contributed by atoms with Crippen molar-refractivity contribution in [3.05, 3.63) is 29.8 Å². The minimum atomic E-state index is -4.46. The lowest BCUT2D eigenvalue weighted by molar-refractivity contribution is -0.253. The van der Waals surface area contributed by atoms with Gasteiger partial charge >= 0.3 is 12.5 Å². The summed E-state index contributed by atoms with van der Waals surface area (Å²) < 4.78 is 53.8. The predicted molar refractivity (Wildman–Crippen MR) is 60.6 cm³/mol. The van der Waals surface area contributed by atoms with Gasteiger partial charge < -0.3 is 10.1 Å². The summed E-state index contributed by atoms with van der Waals surface area (Å²) in [6.45, 7) is 0.782. The van der Waals surface area contributed by atoms with Crippen molar-refractivity contribution in [2.24, 2.45) is 0 Å². The highest BCUT2D eigenvalue weighted by molar-refractivity contribution is 5.85. The topological polar surface area (TPSA) is 21.3 Å². The summed E-state index contributed by atoms with van der Waals surface area (Å²) in [7, 11) is 0. The molecule has 1 N–H and O–H groups in total. The van der Waals surface area contributed by atoms with Gasteiger partial charge in [-0.2, -0.15) is 17.6 Å². The van der Waals surface area contributed by atoms with Crippen LogP contribution < -0.4 is 10.1 Å². The van der Waals surface area contributed by atoms with Crippen LogP contribution in [0.1, 0.15) is 18.0 Å².